The van der Waals surface area contributed by atoms with Crippen molar-refractivity contribution >= 4 is 103 Å². The predicted molar refractivity (Wildman–Crippen MR) is 177 cm³/mol. The number of ether oxygens (including phenoxy) is 2. The highest BCUT2D eigenvalue weighted by Crippen LogP contribution is 2.34. The van der Waals surface area contributed by atoms with E-state index in [9.17, 15) is 9.59 Å². The van der Waals surface area contributed by atoms with Crippen LogP contribution in [-0.4, -0.2) is 17.1 Å². The van der Waals surface area contributed by atoms with Crippen LogP contribution in [0.5, 0.6) is 5.75 Å². The fourth-order valence-electron chi connectivity index (χ4n) is 4.24. The molecule has 3 heterocycles. The monoisotopic (exact) mass is 836 g/mol. The van der Waals surface area contributed by atoms with Crippen molar-refractivity contribution < 1.29 is 14.3 Å². The average Bonchev–Trinajstić information content (AvgIpc) is 3.53. The van der Waals surface area contributed by atoms with Gasteiger partial charge in [0, 0.05) is 4.88 Å². The minimum Gasteiger partial charge on any atom is -0.487 e. The third-order valence-electron chi connectivity index (χ3n) is 6.02. The molecule has 1 aliphatic rings. The fourth-order valence-corrected chi connectivity index (χ4v) is 8.56. The van der Waals surface area contributed by atoms with E-state index in [0.29, 0.717) is 37.3 Å². The molecule has 0 N–H and O–H groups in total. The fraction of sp³-hybridized carbons (Fsp3) is 0.179. The van der Waals surface area contributed by atoms with Crippen LogP contribution in [0, 0.1) is 7.14 Å². The van der Waals surface area contributed by atoms with Crippen LogP contribution in [-0.2, 0) is 16.1 Å². The van der Waals surface area contributed by atoms with E-state index in [1.807, 2.05) is 41.8 Å². The van der Waals surface area contributed by atoms with Gasteiger partial charge in [-0.3, -0.25) is 9.36 Å². The molecule has 0 aliphatic carbocycles. The van der Waals surface area contributed by atoms with Crippen molar-refractivity contribution in [3.63, 3.8) is 0 Å². The van der Waals surface area contributed by atoms with Crippen molar-refractivity contribution in [2.45, 2.75) is 26.5 Å². The van der Waals surface area contributed by atoms with Gasteiger partial charge in [-0.05, 0) is 112 Å². The number of rotatable bonds is 7. The van der Waals surface area contributed by atoms with Gasteiger partial charge in [0.25, 0.3) is 5.56 Å². The van der Waals surface area contributed by atoms with Crippen molar-refractivity contribution in [3.8, 4) is 5.75 Å². The number of thiophene rings is 1. The summed E-state index contributed by atoms with van der Waals surface area (Å²) < 4.78 is 15.4. The number of esters is 1. The van der Waals surface area contributed by atoms with E-state index in [1.165, 1.54) is 22.7 Å². The minimum absolute atomic E-state index is 0.207. The third kappa shape index (κ3) is 6.07. The number of hydrogen-bond donors (Lipinski definition) is 0. The van der Waals surface area contributed by atoms with Gasteiger partial charge in [0.05, 0.1) is 39.6 Å². The third-order valence-corrected chi connectivity index (χ3v) is 10.3. The first-order valence-electron chi connectivity index (χ1n) is 12.0. The number of carbonyl (C=O) groups excluding carboxylic acids is 1. The summed E-state index contributed by atoms with van der Waals surface area (Å²) in [4.78, 5) is 32.8. The number of carbonyl (C=O) groups is 1. The van der Waals surface area contributed by atoms with Crippen molar-refractivity contribution in [1.29, 1.82) is 0 Å². The highest BCUT2D eigenvalue weighted by atomic mass is 127. The van der Waals surface area contributed by atoms with Crippen LogP contribution < -0.4 is 19.6 Å². The Morgan fingerprint density at radius 1 is 1.15 bits per heavy atom. The second-order valence-corrected chi connectivity index (χ2v) is 13.8. The van der Waals surface area contributed by atoms with E-state index < -0.39 is 12.0 Å². The Morgan fingerprint density at radius 3 is 2.55 bits per heavy atom. The Morgan fingerprint density at radius 2 is 1.90 bits per heavy atom. The van der Waals surface area contributed by atoms with Crippen molar-refractivity contribution in [1.82, 2.24) is 4.57 Å². The number of allylic oxidation sites excluding steroid dienone is 1. The molecule has 0 saturated heterocycles. The molecule has 2 aromatic heterocycles. The zero-order chi connectivity index (χ0) is 28.6. The molecule has 0 fully saturated rings. The molecule has 0 spiro atoms. The molecule has 0 amide bonds. The van der Waals surface area contributed by atoms with Gasteiger partial charge in [0.1, 0.15) is 18.4 Å². The molecule has 5 rings (SSSR count). The van der Waals surface area contributed by atoms with Gasteiger partial charge in [-0.1, -0.05) is 46.7 Å². The molecule has 40 heavy (non-hydrogen) atoms. The molecule has 0 bridgehead atoms. The number of hydrogen-bond acceptors (Lipinski definition) is 7. The molecule has 2 aromatic carbocycles. The van der Waals surface area contributed by atoms with Crippen LogP contribution in [0.15, 0.2) is 68.9 Å². The Kier molecular flexibility index (Phi) is 9.42. The summed E-state index contributed by atoms with van der Waals surface area (Å²) in [5.74, 6) is 0.287. The van der Waals surface area contributed by atoms with Gasteiger partial charge in [-0.15, -0.1) is 11.3 Å². The van der Waals surface area contributed by atoms with Crippen LogP contribution in [0.3, 0.4) is 0 Å². The lowest BCUT2D eigenvalue weighted by Gasteiger charge is -2.23. The Labute approximate surface area is 275 Å². The lowest BCUT2D eigenvalue weighted by atomic mass is 10.0. The second kappa shape index (κ2) is 12.7. The SMILES string of the molecule is CCOC(=O)C1=C(C)N=c2s/c(=C/c3cc(I)c(OCc4ccc(Cl)c(Cl)c4)c(I)c3)c(=O)n2[C@@H]1c1cccs1. The normalized spacial score (nSPS) is 15.2. The summed E-state index contributed by atoms with van der Waals surface area (Å²) in [5, 5.41) is 2.91. The molecular weight excluding hydrogens is 817 g/mol. The van der Waals surface area contributed by atoms with E-state index in [0.717, 1.165) is 28.9 Å². The number of benzene rings is 2. The maximum absolute atomic E-state index is 13.8. The van der Waals surface area contributed by atoms with Gasteiger partial charge in [0.15, 0.2) is 4.80 Å². The van der Waals surface area contributed by atoms with Crippen molar-refractivity contribution in [3.05, 3.63) is 112 Å². The smallest absolute Gasteiger partial charge is 0.338 e. The summed E-state index contributed by atoms with van der Waals surface area (Å²) in [6.45, 7) is 4.12. The molecular formula is C28H20Cl2I2N2O4S2. The molecule has 6 nitrogen and oxygen atoms in total. The van der Waals surface area contributed by atoms with E-state index >= 15 is 0 Å². The molecule has 12 heteroatoms. The van der Waals surface area contributed by atoms with Crippen LogP contribution in [0.25, 0.3) is 6.08 Å². The van der Waals surface area contributed by atoms with Crippen LogP contribution in [0.2, 0.25) is 10.0 Å². The van der Waals surface area contributed by atoms with Gasteiger partial charge in [-0.2, -0.15) is 0 Å². The predicted octanol–water partition coefficient (Wildman–Crippen LogP) is 6.95. The summed E-state index contributed by atoms with van der Waals surface area (Å²) in [7, 11) is 0. The van der Waals surface area contributed by atoms with Gasteiger partial charge in [-0.25, -0.2) is 9.79 Å². The first-order valence-corrected chi connectivity index (χ1v) is 16.6. The lowest BCUT2D eigenvalue weighted by Crippen LogP contribution is -2.39. The molecule has 0 radical (unpaired) electrons. The molecule has 0 unspecified atom stereocenters. The number of aromatic nitrogens is 1. The Hall–Kier alpha value is -1.71. The van der Waals surface area contributed by atoms with Gasteiger partial charge < -0.3 is 9.47 Å². The van der Waals surface area contributed by atoms with Crippen LogP contribution in [0.4, 0.5) is 0 Å². The average molecular weight is 837 g/mol. The number of halogens is 4. The van der Waals surface area contributed by atoms with Gasteiger partial charge in [0.2, 0.25) is 0 Å². The summed E-state index contributed by atoms with van der Waals surface area (Å²) in [6, 6.07) is 12.6. The molecule has 1 atom stereocenters. The first-order chi connectivity index (χ1) is 19.2. The largest absolute Gasteiger partial charge is 0.487 e. The van der Waals surface area contributed by atoms with Crippen LogP contribution in [0.1, 0.15) is 35.9 Å². The summed E-state index contributed by atoms with van der Waals surface area (Å²) >= 11 is 19.4. The van der Waals surface area contributed by atoms with Crippen molar-refractivity contribution in [2.24, 2.45) is 4.99 Å². The topological polar surface area (TPSA) is 69.9 Å². The molecule has 1 aliphatic heterocycles. The minimum atomic E-state index is -0.588. The maximum Gasteiger partial charge on any atom is 0.338 e. The second-order valence-electron chi connectivity index (χ2n) is 8.67. The van der Waals surface area contributed by atoms with Crippen molar-refractivity contribution in [2.75, 3.05) is 6.61 Å². The zero-order valence-corrected chi connectivity index (χ0v) is 28.5. The highest BCUT2D eigenvalue weighted by Gasteiger charge is 2.33. The standard InChI is InChI=1S/C28H20Cl2I2N2O4S2/c1-3-37-27(36)23-14(2)33-28-34(24(23)21-5-4-8-39-21)26(35)22(40-28)12-16-10-19(31)25(20(32)11-16)38-13-15-6-7-17(29)18(30)9-15/h4-12,24H,3,13H2,1-2H3/b22-12+/t24-/m1/s1. The summed E-state index contributed by atoms with van der Waals surface area (Å²) in [5.41, 5.74) is 2.49. The molecule has 206 valence electrons. The Bertz CT molecular complexity index is 1810. The summed E-state index contributed by atoms with van der Waals surface area (Å²) in [6.07, 6.45) is 1.85. The number of thiazole rings is 1. The van der Waals surface area contributed by atoms with E-state index in [1.54, 1.807) is 30.5 Å². The highest BCUT2D eigenvalue weighted by molar-refractivity contribution is 14.1. The number of nitrogens with zero attached hydrogens (tertiary/aromatic N) is 2. The van der Waals surface area contributed by atoms with Gasteiger partial charge >= 0.3 is 5.97 Å². The van der Waals surface area contributed by atoms with E-state index in [2.05, 4.69) is 50.2 Å². The maximum atomic E-state index is 13.8. The van der Waals surface area contributed by atoms with E-state index in [4.69, 9.17) is 32.7 Å². The Balaban J connectivity index is 1.51. The molecule has 4 aromatic rings. The first kappa shape index (κ1) is 29.8. The zero-order valence-electron chi connectivity index (χ0n) is 21.0. The molecule has 0 saturated carbocycles. The lowest BCUT2D eigenvalue weighted by molar-refractivity contribution is -0.139. The van der Waals surface area contributed by atoms with E-state index in [-0.39, 0.29) is 12.2 Å². The number of fused-ring (bicyclic) bond motifs is 1. The quantitative estimate of drug-likeness (QED) is 0.149. The van der Waals surface area contributed by atoms with Crippen LogP contribution >= 0.6 is 91.1 Å².